The molecule has 0 aliphatic rings. The van der Waals surface area contributed by atoms with E-state index in [0.717, 1.165) is 5.56 Å². The highest BCUT2D eigenvalue weighted by atomic mass is 35.5. The Bertz CT molecular complexity index is 758. The summed E-state index contributed by atoms with van der Waals surface area (Å²) in [5.41, 5.74) is 1.14. The molecule has 6 heteroatoms. The Labute approximate surface area is 144 Å². The van der Waals surface area contributed by atoms with Gasteiger partial charge in [-0.25, -0.2) is 0 Å². The molecule has 0 fully saturated rings. The Morgan fingerprint density at radius 2 is 1.74 bits per heavy atom. The molecule has 0 radical (unpaired) electrons. The Hall–Kier alpha value is -2.30. The monoisotopic (exact) mass is 348 g/mol. The van der Waals surface area contributed by atoms with E-state index in [9.17, 15) is 9.59 Å². The molecule has 0 saturated heterocycles. The molecule has 118 valence electrons. The molecule has 0 aliphatic heterocycles. The first-order valence-corrected chi connectivity index (χ1v) is 7.52. The molecule has 0 atom stereocenters. The number of benzene rings is 2. The zero-order chi connectivity index (χ0) is 16.8. The number of halogens is 2. The van der Waals surface area contributed by atoms with Crippen LogP contribution < -0.4 is 10.6 Å². The summed E-state index contributed by atoms with van der Waals surface area (Å²) in [6, 6.07) is 13.7. The predicted molar refractivity (Wildman–Crippen MR) is 92.4 cm³/mol. The van der Waals surface area contributed by atoms with Gasteiger partial charge in [0.25, 0.3) is 11.8 Å². The van der Waals surface area contributed by atoms with Crippen molar-refractivity contribution >= 4 is 41.1 Å². The fourth-order valence-electron chi connectivity index (χ4n) is 1.87. The van der Waals surface area contributed by atoms with Crippen molar-refractivity contribution in [1.29, 1.82) is 0 Å². The van der Waals surface area contributed by atoms with Gasteiger partial charge in [-0.2, -0.15) is 0 Å². The largest absolute Gasteiger partial charge is 0.354 e. The molecule has 2 N–H and O–H groups in total. The fourth-order valence-corrected chi connectivity index (χ4v) is 2.37. The van der Waals surface area contributed by atoms with Crippen molar-refractivity contribution in [3.63, 3.8) is 0 Å². The van der Waals surface area contributed by atoms with Gasteiger partial charge in [0.2, 0.25) is 0 Å². The predicted octanol–water partition coefficient (Wildman–Crippen LogP) is 3.51. The summed E-state index contributed by atoms with van der Waals surface area (Å²) in [5, 5.41) is 5.71. The number of hydrogen-bond acceptors (Lipinski definition) is 2. The van der Waals surface area contributed by atoms with E-state index in [1.165, 1.54) is 19.2 Å². The lowest BCUT2D eigenvalue weighted by Crippen LogP contribution is -2.33. The standard InChI is InChI=1S/C17H14Cl2N2O2/c1-20-17(23)15(9-11-5-3-2-4-6-11)21-16(22)13-8-7-12(18)10-14(13)19/h2-10H,1H3,(H,20,23)(H,21,22)/b15-9+. The molecule has 23 heavy (non-hydrogen) atoms. The van der Waals surface area contributed by atoms with Crippen molar-refractivity contribution in [3.8, 4) is 0 Å². The van der Waals surface area contributed by atoms with Crippen molar-refractivity contribution in [3.05, 3.63) is 75.4 Å². The first-order chi connectivity index (χ1) is 11.0. The SMILES string of the molecule is CNC(=O)/C(=C\c1ccccc1)NC(=O)c1ccc(Cl)cc1Cl. The van der Waals surface area contributed by atoms with Crippen LogP contribution in [-0.4, -0.2) is 18.9 Å². The molecular formula is C17H14Cl2N2O2. The maximum atomic E-state index is 12.3. The molecule has 0 aliphatic carbocycles. The summed E-state index contributed by atoms with van der Waals surface area (Å²) in [6.45, 7) is 0. The minimum atomic E-state index is -0.488. The second kappa shape index (κ2) is 7.81. The number of nitrogens with one attached hydrogen (secondary N) is 2. The van der Waals surface area contributed by atoms with Gasteiger partial charge in [-0.05, 0) is 29.8 Å². The molecule has 0 unspecified atom stereocenters. The van der Waals surface area contributed by atoms with Crippen LogP contribution in [0.25, 0.3) is 6.08 Å². The highest BCUT2D eigenvalue weighted by Crippen LogP contribution is 2.21. The average Bonchev–Trinajstić information content (AvgIpc) is 2.54. The first kappa shape index (κ1) is 17.1. The van der Waals surface area contributed by atoms with E-state index in [4.69, 9.17) is 23.2 Å². The smallest absolute Gasteiger partial charge is 0.267 e. The van der Waals surface area contributed by atoms with Gasteiger partial charge in [-0.1, -0.05) is 53.5 Å². The number of carbonyl (C=O) groups is 2. The molecule has 4 nitrogen and oxygen atoms in total. The van der Waals surface area contributed by atoms with Gasteiger partial charge >= 0.3 is 0 Å². The van der Waals surface area contributed by atoms with Crippen molar-refractivity contribution in [2.45, 2.75) is 0 Å². The molecule has 2 rings (SSSR count). The van der Waals surface area contributed by atoms with Gasteiger partial charge in [0, 0.05) is 12.1 Å². The lowest BCUT2D eigenvalue weighted by Gasteiger charge is -2.10. The second-order valence-electron chi connectivity index (χ2n) is 4.63. The van der Waals surface area contributed by atoms with E-state index in [0.29, 0.717) is 5.02 Å². The molecule has 2 amide bonds. The zero-order valence-corrected chi connectivity index (χ0v) is 13.8. The van der Waals surface area contributed by atoms with Gasteiger partial charge in [0.05, 0.1) is 10.6 Å². The minimum Gasteiger partial charge on any atom is -0.354 e. The summed E-state index contributed by atoms with van der Waals surface area (Å²) >= 11 is 11.8. The summed E-state index contributed by atoms with van der Waals surface area (Å²) in [6.07, 6.45) is 1.58. The van der Waals surface area contributed by atoms with Crippen LogP contribution in [0.5, 0.6) is 0 Å². The van der Waals surface area contributed by atoms with E-state index in [1.54, 1.807) is 12.1 Å². The zero-order valence-electron chi connectivity index (χ0n) is 12.3. The molecule has 0 heterocycles. The van der Waals surface area contributed by atoms with Gasteiger partial charge in [0.1, 0.15) is 5.70 Å². The van der Waals surface area contributed by atoms with Crippen LogP contribution in [0.1, 0.15) is 15.9 Å². The molecule has 2 aromatic rings. The van der Waals surface area contributed by atoms with E-state index in [-0.39, 0.29) is 16.3 Å². The number of amides is 2. The topological polar surface area (TPSA) is 58.2 Å². The van der Waals surface area contributed by atoms with Crippen LogP contribution in [0.3, 0.4) is 0 Å². The summed E-state index contributed by atoms with van der Waals surface area (Å²) < 4.78 is 0. The van der Waals surface area contributed by atoms with Crippen LogP contribution in [0, 0.1) is 0 Å². The molecule has 0 spiro atoms. The Kier molecular flexibility index (Phi) is 5.79. The van der Waals surface area contributed by atoms with Crippen LogP contribution in [0.4, 0.5) is 0 Å². The molecule has 0 saturated carbocycles. The van der Waals surface area contributed by atoms with E-state index in [1.807, 2.05) is 30.3 Å². The average molecular weight is 349 g/mol. The van der Waals surface area contributed by atoms with Crippen molar-refractivity contribution in [2.24, 2.45) is 0 Å². The van der Waals surface area contributed by atoms with E-state index < -0.39 is 11.8 Å². The number of likely N-dealkylation sites (N-methyl/N-ethyl adjacent to an activating group) is 1. The van der Waals surface area contributed by atoms with Gasteiger partial charge in [-0.3, -0.25) is 9.59 Å². The molecule has 0 aromatic heterocycles. The molecule has 2 aromatic carbocycles. The quantitative estimate of drug-likeness (QED) is 0.830. The van der Waals surface area contributed by atoms with E-state index in [2.05, 4.69) is 10.6 Å². The third kappa shape index (κ3) is 4.58. The van der Waals surface area contributed by atoms with Gasteiger partial charge in [0.15, 0.2) is 0 Å². The van der Waals surface area contributed by atoms with Crippen molar-refractivity contribution < 1.29 is 9.59 Å². The van der Waals surface area contributed by atoms with Crippen LogP contribution >= 0.6 is 23.2 Å². The third-order valence-electron chi connectivity index (χ3n) is 3.01. The second-order valence-corrected chi connectivity index (χ2v) is 5.47. The van der Waals surface area contributed by atoms with Crippen LogP contribution in [0.2, 0.25) is 10.0 Å². The van der Waals surface area contributed by atoms with Gasteiger partial charge < -0.3 is 10.6 Å². The van der Waals surface area contributed by atoms with Crippen LogP contribution in [-0.2, 0) is 4.79 Å². The lowest BCUT2D eigenvalue weighted by molar-refractivity contribution is -0.117. The van der Waals surface area contributed by atoms with Crippen LogP contribution in [0.15, 0.2) is 54.2 Å². The Morgan fingerprint density at radius 1 is 1.04 bits per heavy atom. The Balaban J connectivity index is 2.29. The summed E-state index contributed by atoms with van der Waals surface area (Å²) in [7, 11) is 1.49. The summed E-state index contributed by atoms with van der Waals surface area (Å²) in [4.78, 5) is 24.3. The van der Waals surface area contributed by atoms with Crippen molar-refractivity contribution in [2.75, 3.05) is 7.05 Å². The first-order valence-electron chi connectivity index (χ1n) is 6.76. The molecule has 0 bridgehead atoms. The normalized spacial score (nSPS) is 11.0. The number of rotatable bonds is 4. The maximum absolute atomic E-state index is 12.3. The third-order valence-corrected chi connectivity index (χ3v) is 3.55. The highest BCUT2D eigenvalue weighted by Gasteiger charge is 2.16. The number of carbonyl (C=O) groups excluding carboxylic acids is 2. The van der Waals surface area contributed by atoms with Gasteiger partial charge in [-0.15, -0.1) is 0 Å². The Morgan fingerprint density at radius 3 is 2.35 bits per heavy atom. The maximum Gasteiger partial charge on any atom is 0.267 e. The lowest BCUT2D eigenvalue weighted by atomic mass is 10.1. The molecular weight excluding hydrogens is 335 g/mol. The fraction of sp³-hybridized carbons (Fsp3) is 0.0588. The van der Waals surface area contributed by atoms with Crippen molar-refractivity contribution in [1.82, 2.24) is 10.6 Å². The highest BCUT2D eigenvalue weighted by molar-refractivity contribution is 6.36. The summed E-state index contributed by atoms with van der Waals surface area (Å²) in [5.74, 6) is -0.898. The minimum absolute atomic E-state index is 0.120. The number of hydrogen-bond donors (Lipinski definition) is 2. The van der Waals surface area contributed by atoms with E-state index >= 15 is 0 Å².